The second kappa shape index (κ2) is 4.46. The number of rotatable bonds is 2. The molecule has 0 amide bonds. The molecule has 1 aromatic carbocycles. The SMILES string of the molecule is CC(C)Oc1ccc2c(c1)[C@H](N)CCC2C. The van der Waals surface area contributed by atoms with Crippen molar-refractivity contribution in [1.82, 2.24) is 0 Å². The summed E-state index contributed by atoms with van der Waals surface area (Å²) in [6, 6.07) is 6.54. The topological polar surface area (TPSA) is 35.2 Å². The van der Waals surface area contributed by atoms with Crippen LogP contribution in [0.25, 0.3) is 0 Å². The van der Waals surface area contributed by atoms with Gasteiger partial charge in [-0.25, -0.2) is 0 Å². The van der Waals surface area contributed by atoms with Gasteiger partial charge in [0.25, 0.3) is 0 Å². The Hall–Kier alpha value is -1.02. The van der Waals surface area contributed by atoms with Crippen LogP contribution in [0.15, 0.2) is 18.2 Å². The van der Waals surface area contributed by atoms with Crippen molar-refractivity contribution in [1.29, 1.82) is 0 Å². The van der Waals surface area contributed by atoms with Crippen molar-refractivity contribution < 1.29 is 4.74 Å². The van der Waals surface area contributed by atoms with Crippen molar-refractivity contribution in [3.63, 3.8) is 0 Å². The van der Waals surface area contributed by atoms with Crippen LogP contribution in [0.2, 0.25) is 0 Å². The summed E-state index contributed by atoms with van der Waals surface area (Å²) in [4.78, 5) is 0. The Bertz CT molecular complexity index is 373. The second-order valence-electron chi connectivity index (χ2n) is 5.04. The number of benzene rings is 1. The normalized spacial score (nSPS) is 24.3. The van der Waals surface area contributed by atoms with E-state index in [9.17, 15) is 0 Å². The first-order valence-electron chi connectivity index (χ1n) is 6.14. The lowest BCUT2D eigenvalue weighted by molar-refractivity contribution is 0.242. The summed E-state index contributed by atoms with van der Waals surface area (Å²) in [7, 11) is 0. The van der Waals surface area contributed by atoms with E-state index in [1.165, 1.54) is 17.5 Å². The number of ether oxygens (including phenoxy) is 1. The summed E-state index contributed by atoms with van der Waals surface area (Å²) < 4.78 is 5.71. The van der Waals surface area contributed by atoms with E-state index in [0.29, 0.717) is 5.92 Å². The van der Waals surface area contributed by atoms with Crippen molar-refractivity contribution in [2.45, 2.75) is 51.7 Å². The fourth-order valence-electron chi connectivity index (χ4n) is 2.41. The van der Waals surface area contributed by atoms with Gasteiger partial charge in [0.05, 0.1) is 6.10 Å². The van der Waals surface area contributed by atoms with Crippen LogP contribution in [0.4, 0.5) is 0 Å². The van der Waals surface area contributed by atoms with Gasteiger partial charge in [0.2, 0.25) is 0 Å². The Morgan fingerprint density at radius 1 is 1.25 bits per heavy atom. The maximum absolute atomic E-state index is 6.15. The standard InChI is InChI=1S/C14H21NO/c1-9(2)16-11-5-6-12-10(3)4-7-14(15)13(12)8-11/h5-6,8-10,14H,4,7,15H2,1-3H3/t10?,14-/m1/s1. The van der Waals surface area contributed by atoms with E-state index >= 15 is 0 Å². The third-order valence-electron chi connectivity index (χ3n) is 3.27. The summed E-state index contributed by atoms with van der Waals surface area (Å²) in [5.74, 6) is 1.57. The lowest BCUT2D eigenvalue weighted by atomic mass is 9.81. The molecular weight excluding hydrogens is 198 g/mol. The quantitative estimate of drug-likeness (QED) is 0.827. The molecule has 0 saturated heterocycles. The smallest absolute Gasteiger partial charge is 0.120 e. The molecule has 2 rings (SSSR count). The van der Waals surface area contributed by atoms with Gasteiger partial charge in [0.15, 0.2) is 0 Å². The van der Waals surface area contributed by atoms with Gasteiger partial charge in [0.1, 0.15) is 5.75 Å². The van der Waals surface area contributed by atoms with E-state index in [2.05, 4.69) is 25.1 Å². The first kappa shape index (κ1) is 11.5. The highest BCUT2D eigenvalue weighted by Crippen LogP contribution is 2.37. The molecule has 0 aliphatic heterocycles. The van der Waals surface area contributed by atoms with Gasteiger partial charge in [-0.2, -0.15) is 0 Å². The molecule has 1 unspecified atom stereocenters. The van der Waals surface area contributed by atoms with Gasteiger partial charge in [-0.3, -0.25) is 0 Å². The largest absolute Gasteiger partial charge is 0.491 e. The highest BCUT2D eigenvalue weighted by Gasteiger charge is 2.22. The minimum atomic E-state index is 0.182. The Labute approximate surface area is 97.8 Å². The van der Waals surface area contributed by atoms with Gasteiger partial charge >= 0.3 is 0 Å². The second-order valence-corrected chi connectivity index (χ2v) is 5.04. The van der Waals surface area contributed by atoms with Crippen molar-refractivity contribution in [3.05, 3.63) is 29.3 Å². The molecule has 0 heterocycles. The van der Waals surface area contributed by atoms with Crippen LogP contribution in [0, 0.1) is 0 Å². The fraction of sp³-hybridized carbons (Fsp3) is 0.571. The van der Waals surface area contributed by atoms with Gasteiger partial charge in [-0.1, -0.05) is 13.0 Å². The molecule has 0 bridgehead atoms. The molecule has 1 aliphatic carbocycles. The number of nitrogens with two attached hydrogens (primary N) is 1. The monoisotopic (exact) mass is 219 g/mol. The molecule has 0 fully saturated rings. The van der Waals surface area contributed by atoms with Crippen LogP contribution in [0.1, 0.15) is 56.7 Å². The zero-order valence-corrected chi connectivity index (χ0v) is 10.4. The lowest BCUT2D eigenvalue weighted by Crippen LogP contribution is -2.19. The maximum atomic E-state index is 6.15. The van der Waals surface area contributed by atoms with Gasteiger partial charge < -0.3 is 10.5 Å². The van der Waals surface area contributed by atoms with Gasteiger partial charge in [-0.05, 0) is 55.9 Å². The molecule has 0 spiro atoms. The Kier molecular flexibility index (Phi) is 3.20. The lowest BCUT2D eigenvalue weighted by Gasteiger charge is -2.28. The molecule has 2 nitrogen and oxygen atoms in total. The average Bonchev–Trinajstić information content (AvgIpc) is 2.23. The predicted octanol–water partition coefficient (Wildman–Crippen LogP) is 3.37. The number of hydrogen-bond donors (Lipinski definition) is 1. The van der Waals surface area contributed by atoms with E-state index in [1.807, 2.05) is 13.8 Å². The van der Waals surface area contributed by atoms with Crippen LogP contribution >= 0.6 is 0 Å². The van der Waals surface area contributed by atoms with E-state index in [1.54, 1.807) is 0 Å². The molecule has 88 valence electrons. The van der Waals surface area contributed by atoms with Crippen LogP contribution in [0.5, 0.6) is 5.75 Å². The average molecular weight is 219 g/mol. The summed E-state index contributed by atoms with van der Waals surface area (Å²) in [6.45, 7) is 6.36. The Balaban J connectivity index is 2.32. The van der Waals surface area contributed by atoms with Crippen molar-refractivity contribution in [3.8, 4) is 5.75 Å². The molecule has 0 saturated carbocycles. The third-order valence-corrected chi connectivity index (χ3v) is 3.27. The van der Waals surface area contributed by atoms with Crippen molar-refractivity contribution >= 4 is 0 Å². The highest BCUT2D eigenvalue weighted by molar-refractivity contribution is 5.41. The first-order valence-corrected chi connectivity index (χ1v) is 6.14. The molecule has 16 heavy (non-hydrogen) atoms. The Morgan fingerprint density at radius 2 is 2.00 bits per heavy atom. The molecule has 1 aliphatic rings. The summed E-state index contributed by atoms with van der Waals surface area (Å²) in [5.41, 5.74) is 8.83. The number of hydrogen-bond acceptors (Lipinski definition) is 2. The molecule has 2 atom stereocenters. The summed E-state index contributed by atoms with van der Waals surface area (Å²) in [5, 5.41) is 0. The van der Waals surface area contributed by atoms with Crippen LogP contribution in [-0.4, -0.2) is 6.10 Å². The third kappa shape index (κ3) is 2.22. The van der Waals surface area contributed by atoms with Crippen LogP contribution in [0.3, 0.4) is 0 Å². The molecule has 0 aromatic heterocycles. The number of fused-ring (bicyclic) bond motifs is 1. The van der Waals surface area contributed by atoms with E-state index < -0.39 is 0 Å². The fourth-order valence-corrected chi connectivity index (χ4v) is 2.41. The van der Waals surface area contributed by atoms with Crippen LogP contribution < -0.4 is 10.5 Å². The maximum Gasteiger partial charge on any atom is 0.120 e. The molecule has 0 radical (unpaired) electrons. The van der Waals surface area contributed by atoms with Gasteiger partial charge in [-0.15, -0.1) is 0 Å². The van der Waals surface area contributed by atoms with E-state index in [4.69, 9.17) is 10.5 Å². The molecular formula is C14H21NO. The van der Waals surface area contributed by atoms with Crippen molar-refractivity contribution in [2.75, 3.05) is 0 Å². The van der Waals surface area contributed by atoms with Crippen LogP contribution in [-0.2, 0) is 0 Å². The van der Waals surface area contributed by atoms with Crippen molar-refractivity contribution in [2.24, 2.45) is 5.73 Å². The molecule has 2 N–H and O–H groups in total. The summed E-state index contributed by atoms with van der Waals surface area (Å²) >= 11 is 0. The Morgan fingerprint density at radius 3 is 2.69 bits per heavy atom. The predicted molar refractivity (Wildman–Crippen MR) is 66.8 cm³/mol. The van der Waals surface area contributed by atoms with E-state index in [-0.39, 0.29) is 12.1 Å². The first-order chi connectivity index (χ1) is 7.58. The zero-order chi connectivity index (χ0) is 11.7. The highest BCUT2D eigenvalue weighted by atomic mass is 16.5. The minimum absolute atomic E-state index is 0.182. The summed E-state index contributed by atoms with van der Waals surface area (Å²) in [6.07, 6.45) is 2.49. The molecule has 1 aromatic rings. The minimum Gasteiger partial charge on any atom is -0.491 e. The molecule has 2 heteroatoms. The zero-order valence-electron chi connectivity index (χ0n) is 10.4. The van der Waals surface area contributed by atoms with E-state index in [0.717, 1.165) is 12.2 Å². The van der Waals surface area contributed by atoms with Gasteiger partial charge in [0, 0.05) is 6.04 Å².